The minimum absolute atomic E-state index is 0.0559. The molecule has 0 radical (unpaired) electrons. The van der Waals surface area contributed by atoms with Gasteiger partial charge < -0.3 is 15.1 Å². The van der Waals surface area contributed by atoms with Crippen LogP contribution in [-0.2, 0) is 17.6 Å². The molecule has 2 aromatic heterocycles. The monoisotopic (exact) mass is 311 g/mol. The quantitative estimate of drug-likeness (QED) is 0.586. The van der Waals surface area contributed by atoms with Crippen molar-refractivity contribution in [1.29, 1.82) is 0 Å². The van der Waals surface area contributed by atoms with Gasteiger partial charge in [-0.1, -0.05) is 11.8 Å². The van der Waals surface area contributed by atoms with Crippen LogP contribution in [0, 0.1) is 6.92 Å². The number of amides is 1. The summed E-state index contributed by atoms with van der Waals surface area (Å²) in [6.45, 7) is 1.65. The number of aromatic nitrogens is 4. The zero-order valence-corrected chi connectivity index (χ0v) is 12.0. The number of H-pyrrole nitrogens is 2. The zero-order valence-electron chi connectivity index (χ0n) is 11.1. The summed E-state index contributed by atoms with van der Waals surface area (Å²) in [5.74, 6) is -0.0810. The number of rotatable bonds is 6. The van der Waals surface area contributed by atoms with Crippen LogP contribution >= 0.6 is 11.8 Å². The molecule has 0 atom stereocenters. The molecule has 4 N–H and O–H groups in total. The highest BCUT2D eigenvalue weighted by molar-refractivity contribution is 7.99. The first kappa shape index (κ1) is 15.0. The van der Waals surface area contributed by atoms with E-state index < -0.39 is 17.2 Å². The normalized spacial score (nSPS) is 10.7. The van der Waals surface area contributed by atoms with Gasteiger partial charge in [-0.15, -0.1) is 10.2 Å². The van der Waals surface area contributed by atoms with E-state index in [0.717, 1.165) is 11.8 Å². The lowest BCUT2D eigenvalue weighted by atomic mass is 10.1. The highest BCUT2D eigenvalue weighted by Gasteiger charge is 2.11. The van der Waals surface area contributed by atoms with E-state index >= 15 is 0 Å². The molecule has 0 aromatic carbocycles. The van der Waals surface area contributed by atoms with Crippen molar-refractivity contribution in [3.05, 3.63) is 38.0 Å². The van der Waals surface area contributed by atoms with Crippen LogP contribution in [-0.4, -0.2) is 31.8 Å². The van der Waals surface area contributed by atoms with Gasteiger partial charge in [0, 0.05) is 17.7 Å². The third-order valence-electron chi connectivity index (χ3n) is 2.63. The van der Waals surface area contributed by atoms with Crippen molar-refractivity contribution in [2.24, 2.45) is 5.73 Å². The molecule has 0 saturated carbocycles. The second kappa shape index (κ2) is 6.39. The van der Waals surface area contributed by atoms with Gasteiger partial charge in [0.2, 0.25) is 11.8 Å². The molecule has 0 unspecified atom stereocenters. The Labute approximate surface area is 122 Å². The number of hydrogen-bond acceptors (Lipinski definition) is 7. The third kappa shape index (κ3) is 4.05. The van der Waals surface area contributed by atoms with E-state index in [1.54, 1.807) is 6.92 Å². The first-order chi connectivity index (χ1) is 9.95. The van der Waals surface area contributed by atoms with Crippen molar-refractivity contribution in [3.63, 3.8) is 0 Å². The number of nitrogens with two attached hydrogens (primary N) is 1. The van der Waals surface area contributed by atoms with E-state index in [2.05, 4.69) is 20.2 Å². The average molecular weight is 311 g/mol. The Morgan fingerprint density at radius 1 is 1.29 bits per heavy atom. The van der Waals surface area contributed by atoms with Crippen molar-refractivity contribution < 1.29 is 9.21 Å². The fourth-order valence-corrected chi connectivity index (χ4v) is 2.21. The maximum absolute atomic E-state index is 11.7. The van der Waals surface area contributed by atoms with Gasteiger partial charge in [0.1, 0.15) is 0 Å². The maximum Gasteiger partial charge on any atom is 0.325 e. The molecule has 112 valence electrons. The van der Waals surface area contributed by atoms with Gasteiger partial charge >= 0.3 is 5.69 Å². The molecular weight excluding hydrogens is 298 g/mol. The molecule has 0 fully saturated rings. The van der Waals surface area contributed by atoms with Crippen LogP contribution in [0.5, 0.6) is 0 Å². The standard InChI is InChI=1S/C11H13N5O4S/c1-5-6(9(18)14-10(19)13-5)2-3-8-15-16-11(20-8)21-4-7(12)17/h2-4H2,1H3,(H2,12,17)(H2,13,14,18,19). The Kier molecular flexibility index (Phi) is 4.58. The van der Waals surface area contributed by atoms with Crippen LogP contribution in [0.3, 0.4) is 0 Å². The Morgan fingerprint density at radius 2 is 2.05 bits per heavy atom. The Morgan fingerprint density at radius 3 is 2.71 bits per heavy atom. The van der Waals surface area contributed by atoms with Crippen LogP contribution < -0.4 is 17.0 Å². The molecule has 1 amide bonds. The SMILES string of the molecule is Cc1[nH]c(=O)[nH]c(=O)c1CCc1nnc(SCC(N)=O)o1. The van der Waals surface area contributed by atoms with E-state index in [9.17, 15) is 14.4 Å². The summed E-state index contributed by atoms with van der Waals surface area (Å²) in [6.07, 6.45) is 0.695. The topological polar surface area (TPSA) is 148 Å². The van der Waals surface area contributed by atoms with Crippen molar-refractivity contribution in [2.45, 2.75) is 25.0 Å². The largest absolute Gasteiger partial charge is 0.416 e. The zero-order chi connectivity index (χ0) is 15.4. The summed E-state index contributed by atoms with van der Waals surface area (Å²) < 4.78 is 5.31. The molecule has 0 aliphatic rings. The first-order valence-corrected chi connectivity index (χ1v) is 7.00. The highest BCUT2D eigenvalue weighted by atomic mass is 32.2. The summed E-state index contributed by atoms with van der Waals surface area (Å²) in [5, 5.41) is 7.81. The molecule has 9 nitrogen and oxygen atoms in total. The Balaban J connectivity index is 2.02. The Bertz CT molecular complexity index is 762. The fraction of sp³-hybridized carbons (Fsp3) is 0.364. The van der Waals surface area contributed by atoms with Gasteiger partial charge in [-0.3, -0.25) is 14.6 Å². The Hall–Kier alpha value is -2.36. The molecule has 0 aliphatic carbocycles. The number of aryl methyl sites for hydroxylation is 2. The van der Waals surface area contributed by atoms with Gasteiger partial charge in [0.15, 0.2) is 0 Å². The van der Waals surface area contributed by atoms with E-state index in [4.69, 9.17) is 10.2 Å². The summed E-state index contributed by atoms with van der Waals surface area (Å²) in [4.78, 5) is 38.1. The van der Waals surface area contributed by atoms with Crippen molar-refractivity contribution in [1.82, 2.24) is 20.2 Å². The number of thioether (sulfide) groups is 1. The van der Waals surface area contributed by atoms with Crippen molar-refractivity contribution in [3.8, 4) is 0 Å². The number of aromatic amines is 2. The van der Waals surface area contributed by atoms with E-state index in [0.29, 0.717) is 30.0 Å². The van der Waals surface area contributed by atoms with E-state index in [1.807, 2.05) is 0 Å². The molecule has 21 heavy (non-hydrogen) atoms. The second-order valence-electron chi connectivity index (χ2n) is 4.23. The van der Waals surface area contributed by atoms with Gasteiger partial charge in [-0.2, -0.15) is 0 Å². The molecule has 0 bridgehead atoms. The second-order valence-corrected chi connectivity index (χ2v) is 5.16. The molecule has 10 heteroatoms. The van der Waals surface area contributed by atoms with Crippen LogP contribution in [0.2, 0.25) is 0 Å². The van der Waals surface area contributed by atoms with Crippen LogP contribution in [0.25, 0.3) is 0 Å². The first-order valence-electron chi connectivity index (χ1n) is 6.01. The van der Waals surface area contributed by atoms with Crippen LogP contribution in [0.4, 0.5) is 0 Å². The van der Waals surface area contributed by atoms with Crippen LogP contribution in [0.1, 0.15) is 17.1 Å². The minimum Gasteiger partial charge on any atom is -0.416 e. The van der Waals surface area contributed by atoms with Gasteiger partial charge in [-0.25, -0.2) is 4.79 Å². The van der Waals surface area contributed by atoms with Gasteiger partial charge in [0.05, 0.1) is 5.75 Å². The summed E-state index contributed by atoms with van der Waals surface area (Å²) in [7, 11) is 0. The predicted molar refractivity (Wildman–Crippen MR) is 74.0 cm³/mol. The molecule has 2 aromatic rings. The summed E-state index contributed by atoms with van der Waals surface area (Å²) >= 11 is 1.05. The summed E-state index contributed by atoms with van der Waals surface area (Å²) in [5.41, 5.74) is 5.00. The third-order valence-corrected chi connectivity index (χ3v) is 3.47. The smallest absolute Gasteiger partial charge is 0.325 e. The lowest BCUT2D eigenvalue weighted by molar-refractivity contribution is -0.115. The van der Waals surface area contributed by atoms with Gasteiger partial charge in [0.25, 0.3) is 10.8 Å². The van der Waals surface area contributed by atoms with E-state index in [-0.39, 0.29) is 11.0 Å². The number of nitrogens with one attached hydrogen (secondary N) is 2. The van der Waals surface area contributed by atoms with Gasteiger partial charge in [-0.05, 0) is 13.3 Å². The number of hydrogen-bond donors (Lipinski definition) is 3. The molecule has 2 rings (SSSR count). The minimum atomic E-state index is -0.538. The number of nitrogens with zero attached hydrogens (tertiary/aromatic N) is 2. The molecule has 2 heterocycles. The number of carbonyl (C=O) groups is 1. The molecule has 0 aliphatic heterocycles. The summed E-state index contributed by atoms with van der Waals surface area (Å²) in [6, 6.07) is 0. The van der Waals surface area contributed by atoms with Crippen LogP contribution in [0.15, 0.2) is 19.2 Å². The highest BCUT2D eigenvalue weighted by Crippen LogP contribution is 2.16. The van der Waals surface area contributed by atoms with Crippen molar-refractivity contribution in [2.75, 3.05) is 5.75 Å². The molecule has 0 spiro atoms. The number of primary amides is 1. The van der Waals surface area contributed by atoms with Crippen molar-refractivity contribution >= 4 is 17.7 Å². The predicted octanol–water partition coefficient (Wildman–Crippen LogP) is -0.883. The number of carbonyl (C=O) groups excluding carboxylic acids is 1. The molecule has 0 saturated heterocycles. The lowest BCUT2D eigenvalue weighted by Crippen LogP contribution is -2.27. The lowest BCUT2D eigenvalue weighted by Gasteiger charge is -2.01. The van der Waals surface area contributed by atoms with E-state index in [1.165, 1.54) is 0 Å². The average Bonchev–Trinajstić information content (AvgIpc) is 2.83. The molecular formula is C11H13N5O4S. The maximum atomic E-state index is 11.7. The fourth-order valence-electron chi connectivity index (χ4n) is 1.69.